The van der Waals surface area contributed by atoms with Crippen LogP contribution in [0, 0.1) is 6.92 Å². The third-order valence-electron chi connectivity index (χ3n) is 4.53. The second kappa shape index (κ2) is 9.72. The van der Waals surface area contributed by atoms with Gasteiger partial charge in [0.05, 0.1) is 10.5 Å². The molecule has 1 heterocycles. The maximum absolute atomic E-state index is 12.1. The van der Waals surface area contributed by atoms with Gasteiger partial charge in [-0.05, 0) is 32.9 Å². The number of halogens is 1. The first-order valence-corrected chi connectivity index (χ1v) is 10.3. The number of hydrogen-bond donors (Lipinski definition) is 2. The molecule has 1 amide bonds. The summed E-state index contributed by atoms with van der Waals surface area (Å²) in [5, 5.41) is 6.06. The average molecular weight is 508 g/mol. The second-order valence-corrected chi connectivity index (χ2v) is 9.84. The van der Waals surface area contributed by atoms with Crippen LogP contribution in [0.25, 0.3) is 0 Å². The van der Waals surface area contributed by atoms with Crippen LogP contribution in [0.1, 0.15) is 29.8 Å². The summed E-state index contributed by atoms with van der Waals surface area (Å²) < 4.78 is 23.4. The van der Waals surface area contributed by atoms with E-state index in [0.717, 1.165) is 5.56 Å². The predicted molar refractivity (Wildman–Crippen MR) is 120 cm³/mol. The Kier molecular flexibility index (Phi) is 8.52. The lowest BCUT2D eigenvalue weighted by molar-refractivity contribution is 0.0954. The number of sulfone groups is 1. The number of carbonyl (C=O) groups excluding carboxylic acids is 1. The van der Waals surface area contributed by atoms with Crippen molar-refractivity contribution >= 4 is 45.7 Å². The van der Waals surface area contributed by atoms with Gasteiger partial charge in [0.15, 0.2) is 15.8 Å². The highest BCUT2D eigenvalue weighted by molar-refractivity contribution is 14.0. The van der Waals surface area contributed by atoms with Gasteiger partial charge in [-0.2, -0.15) is 0 Å². The number of aryl methyl sites for hydroxylation is 1. The smallest absolute Gasteiger partial charge is 0.251 e. The molecule has 1 aromatic rings. The first-order valence-electron chi connectivity index (χ1n) is 8.69. The van der Waals surface area contributed by atoms with Crippen molar-refractivity contribution in [3.63, 3.8) is 0 Å². The van der Waals surface area contributed by atoms with E-state index in [2.05, 4.69) is 15.6 Å². The molecule has 1 aliphatic heterocycles. The van der Waals surface area contributed by atoms with Gasteiger partial charge in [-0.25, -0.2) is 8.42 Å². The minimum absolute atomic E-state index is 0. The molecular weight excluding hydrogens is 479 g/mol. The quantitative estimate of drug-likeness (QED) is 0.278. The van der Waals surface area contributed by atoms with Gasteiger partial charge in [0.2, 0.25) is 0 Å². The first-order chi connectivity index (χ1) is 12.2. The standard InChI is InChI=1S/C18H28N4O3S.HI/c1-14-6-5-7-15(12-14)16(23)20-8-9-21-17(19-4)22-10-11-26(24,25)18(2,3)13-22;/h5-7,12H,8-11,13H2,1-4H3,(H,19,21)(H,20,23);1H. The van der Waals surface area contributed by atoms with Gasteiger partial charge in [-0.3, -0.25) is 9.79 Å². The number of nitrogens with zero attached hydrogens (tertiary/aromatic N) is 2. The summed E-state index contributed by atoms with van der Waals surface area (Å²) in [5.41, 5.74) is 1.68. The zero-order valence-corrected chi connectivity index (χ0v) is 19.4. The van der Waals surface area contributed by atoms with Crippen LogP contribution in [-0.4, -0.2) is 68.9 Å². The van der Waals surface area contributed by atoms with Crippen molar-refractivity contribution in [2.24, 2.45) is 4.99 Å². The normalized spacial score (nSPS) is 18.4. The lowest BCUT2D eigenvalue weighted by Crippen LogP contribution is -2.57. The lowest BCUT2D eigenvalue weighted by Gasteiger charge is -2.39. The molecule has 1 saturated heterocycles. The van der Waals surface area contributed by atoms with Gasteiger partial charge in [0, 0.05) is 38.8 Å². The molecule has 0 aromatic heterocycles. The Labute approximate surface area is 178 Å². The Morgan fingerprint density at radius 3 is 2.52 bits per heavy atom. The number of nitrogens with one attached hydrogen (secondary N) is 2. The highest BCUT2D eigenvalue weighted by Gasteiger charge is 2.40. The maximum Gasteiger partial charge on any atom is 0.251 e. The third kappa shape index (κ3) is 6.06. The van der Waals surface area contributed by atoms with E-state index in [1.807, 2.05) is 30.0 Å². The summed E-state index contributed by atoms with van der Waals surface area (Å²) in [6, 6.07) is 7.43. The van der Waals surface area contributed by atoms with E-state index in [4.69, 9.17) is 0 Å². The van der Waals surface area contributed by atoms with Crippen molar-refractivity contribution in [3.05, 3.63) is 35.4 Å². The van der Waals surface area contributed by atoms with E-state index in [-0.39, 0.29) is 35.6 Å². The first kappa shape index (κ1) is 23.7. The molecule has 9 heteroatoms. The highest BCUT2D eigenvalue weighted by Crippen LogP contribution is 2.23. The average Bonchev–Trinajstić information content (AvgIpc) is 2.57. The molecule has 1 aromatic carbocycles. The largest absolute Gasteiger partial charge is 0.354 e. The molecule has 0 spiro atoms. The Balaban J connectivity index is 0.00000364. The van der Waals surface area contributed by atoms with Crippen molar-refractivity contribution in [2.75, 3.05) is 39.0 Å². The van der Waals surface area contributed by atoms with Gasteiger partial charge in [-0.1, -0.05) is 17.7 Å². The highest BCUT2D eigenvalue weighted by atomic mass is 127. The van der Waals surface area contributed by atoms with Crippen LogP contribution in [-0.2, 0) is 9.84 Å². The van der Waals surface area contributed by atoms with Gasteiger partial charge in [-0.15, -0.1) is 24.0 Å². The van der Waals surface area contributed by atoms with E-state index in [0.29, 0.717) is 37.7 Å². The van der Waals surface area contributed by atoms with Crippen LogP contribution in [0.5, 0.6) is 0 Å². The summed E-state index contributed by atoms with van der Waals surface area (Å²) in [5.74, 6) is 0.651. The Morgan fingerprint density at radius 1 is 1.26 bits per heavy atom. The summed E-state index contributed by atoms with van der Waals surface area (Å²) >= 11 is 0. The Morgan fingerprint density at radius 2 is 1.93 bits per heavy atom. The van der Waals surface area contributed by atoms with Crippen molar-refractivity contribution in [2.45, 2.75) is 25.5 Å². The minimum Gasteiger partial charge on any atom is -0.354 e. The van der Waals surface area contributed by atoms with Crippen LogP contribution in [0.3, 0.4) is 0 Å². The molecule has 2 rings (SSSR count). The number of benzene rings is 1. The van der Waals surface area contributed by atoms with Crippen molar-refractivity contribution < 1.29 is 13.2 Å². The number of aliphatic imine (C=N–C) groups is 1. The topological polar surface area (TPSA) is 90.9 Å². The van der Waals surface area contributed by atoms with Crippen LogP contribution >= 0.6 is 24.0 Å². The van der Waals surface area contributed by atoms with E-state index >= 15 is 0 Å². The van der Waals surface area contributed by atoms with E-state index < -0.39 is 14.6 Å². The molecule has 0 aliphatic carbocycles. The van der Waals surface area contributed by atoms with Crippen molar-refractivity contribution in [1.82, 2.24) is 15.5 Å². The Bertz CT molecular complexity index is 794. The monoisotopic (exact) mass is 508 g/mol. The molecule has 1 fully saturated rings. The van der Waals surface area contributed by atoms with Crippen molar-refractivity contribution in [3.8, 4) is 0 Å². The number of amides is 1. The van der Waals surface area contributed by atoms with Crippen LogP contribution in [0.15, 0.2) is 29.3 Å². The summed E-state index contributed by atoms with van der Waals surface area (Å²) in [4.78, 5) is 18.3. The molecule has 2 N–H and O–H groups in total. The molecule has 7 nitrogen and oxygen atoms in total. The summed E-state index contributed by atoms with van der Waals surface area (Å²) in [7, 11) is -1.42. The van der Waals surface area contributed by atoms with E-state index in [9.17, 15) is 13.2 Å². The van der Waals surface area contributed by atoms with Crippen LogP contribution < -0.4 is 10.6 Å². The fourth-order valence-electron chi connectivity index (χ4n) is 2.90. The zero-order valence-electron chi connectivity index (χ0n) is 16.3. The number of hydrogen-bond acceptors (Lipinski definition) is 4. The van der Waals surface area contributed by atoms with Gasteiger partial charge < -0.3 is 15.5 Å². The predicted octanol–water partition coefficient (Wildman–Crippen LogP) is 1.43. The van der Waals surface area contributed by atoms with Crippen LogP contribution in [0.4, 0.5) is 0 Å². The molecule has 1 aliphatic rings. The van der Waals surface area contributed by atoms with E-state index in [1.165, 1.54) is 0 Å². The number of rotatable bonds is 4. The molecule has 0 atom stereocenters. The molecule has 152 valence electrons. The molecule has 0 bridgehead atoms. The Hall–Kier alpha value is -1.36. The van der Waals surface area contributed by atoms with Crippen molar-refractivity contribution in [1.29, 1.82) is 0 Å². The van der Waals surface area contributed by atoms with Gasteiger partial charge in [0.25, 0.3) is 5.91 Å². The van der Waals surface area contributed by atoms with Crippen LogP contribution in [0.2, 0.25) is 0 Å². The maximum atomic E-state index is 12.1. The lowest BCUT2D eigenvalue weighted by atomic mass is 10.1. The molecule has 0 radical (unpaired) electrons. The summed E-state index contributed by atoms with van der Waals surface area (Å²) in [6.07, 6.45) is 0. The minimum atomic E-state index is -3.09. The number of carbonyl (C=O) groups is 1. The molecule has 0 unspecified atom stereocenters. The molecule has 27 heavy (non-hydrogen) atoms. The molecule has 0 saturated carbocycles. The molecular formula is C18H29IN4O3S. The van der Waals surface area contributed by atoms with Gasteiger partial charge >= 0.3 is 0 Å². The van der Waals surface area contributed by atoms with Gasteiger partial charge in [0.1, 0.15) is 0 Å². The fraction of sp³-hybridized carbons (Fsp3) is 0.556. The second-order valence-electron chi connectivity index (χ2n) is 7.10. The fourth-order valence-corrected chi connectivity index (χ4v) is 4.26. The summed E-state index contributed by atoms with van der Waals surface area (Å²) in [6.45, 7) is 7.19. The SMILES string of the molecule is CN=C(NCCNC(=O)c1cccc(C)c1)N1CCS(=O)(=O)C(C)(C)C1.I. The third-order valence-corrected chi connectivity index (χ3v) is 7.06. The number of guanidine groups is 1. The zero-order chi connectivity index (χ0) is 19.4. The van der Waals surface area contributed by atoms with E-state index in [1.54, 1.807) is 27.0 Å².